The van der Waals surface area contributed by atoms with Crippen LogP contribution < -0.4 is 10.3 Å². The standard InChI is InChI=1S/C8H13N3O2/c12-8-7-11(9-13-8)6-5-10-3-1-2-4-10/h7H,1-6H2/p+1. The SMILES string of the molecule is O=c1c[n+](CCN2CCCC2)[nH]o1. The van der Waals surface area contributed by atoms with Crippen LogP contribution in [0.15, 0.2) is 15.5 Å². The molecule has 0 saturated carbocycles. The van der Waals surface area contributed by atoms with Crippen molar-refractivity contribution in [2.45, 2.75) is 19.4 Å². The second-order valence-electron chi connectivity index (χ2n) is 3.38. The van der Waals surface area contributed by atoms with Crippen LogP contribution in [0.4, 0.5) is 0 Å². The van der Waals surface area contributed by atoms with Crippen molar-refractivity contribution in [2.24, 2.45) is 0 Å². The molecule has 1 fully saturated rings. The van der Waals surface area contributed by atoms with Gasteiger partial charge in [-0.3, -0.25) is 9.42 Å². The molecule has 1 aromatic heterocycles. The van der Waals surface area contributed by atoms with E-state index >= 15 is 0 Å². The van der Waals surface area contributed by atoms with E-state index in [4.69, 9.17) is 0 Å². The Kier molecular flexibility index (Phi) is 2.44. The van der Waals surface area contributed by atoms with Gasteiger partial charge < -0.3 is 0 Å². The Morgan fingerprint density at radius 3 is 2.92 bits per heavy atom. The molecule has 13 heavy (non-hydrogen) atoms. The minimum atomic E-state index is -0.318. The first-order valence-electron chi connectivity index (χ1n) is 4.65. The molecule has 0 atom stereocenters. The van der Waals surface area contributed by atoms with Crippen LogP contribution >= 0.6 is 0 Å². The lowest BCUT2D eigenvalue weighted by molar-refractivity contribution is -0.761. The van der Waals surface area contributed by atoms with Gasteiger partial charge in [-0.15, -0.1) is 0 Å². The molecular formula is C8H14N3O2+. The molecule has 0 spiro atoms. The lowest BCUT2D eigenvalue weighted by atomic mass is 10.4. The van der Waals surface area contributed by atoms with Crippen LogP contribution in [0.2, 0.25) is 0 Å². The van der Waals surface area contributed by atoms with Gasteiger partial charge in [0.05, 0.1) is 6.54 Å². The Bertz CT molecular complexity index is 311. The molecule has 1 aromatic rings. The average Bonchev–Trinajstić information content (AvgIpc) is 2.71. The molecular weight excluding hydrogens is 170 g/mol. The molecule has 0 bridgehead atoms. The van der Waals surface area contributed by atoms with Gasteiger partial charge in [0.1, 0.15) is 0 Å². The summed E-state index contributed by atoms with van der Waals surface area (Å²) < 4.78 is 6.22. The summed E-state index contributed by atoms with van der Waals surface area (Å²) in [7, 11) is 0. The zero-order valence-electron chi connectivity index (χ0n) is 7.53. The number of nitrogens with one attached hydrogen (secondary N) is 1. The van der Waals surface area contributed by atoms with Crippen LogP contribution in [0.1, 0.15) is 12.8 Å². The van der Waals surface area contributed by atoms with E-state index in [1.807, 2.05) is 0 Å². The molecule has 1 aliphatic rings. The maximum absolute atomic E-state index is 10.7. The number of aromatic nitrogens is 2. The number of nitrogens with zero attached hydrogens (tertiary/aromatic N) is 2. The molecule has 5 heteroatoms. The Morgan fingerprint density at radius 2 is 2.31 bits per heavy atom. The second kappa shape index (κ2) is 3.74. The molecule has 5 nitrogen and oxygen atoms in total. The highest BCUT2D eigenvalue weighted by Gasteiger charge is 2.14. The molecule has 0 aromatic carbocycles. The summed E-state index contributed by atoms with van der Waals surface area (Å²) in [6.45, 7) is 4.15. The number of aromatic amines is 1. The fourth-order valence-electron chi connectivity index (χ4n) is 1.65. The van der Waals surface area contributed by atoms with E-state index in [2.05, 4.69) is 14.7 Å². The van der Waals surface area contributed by atoms with Crippen molar-refractivity contribution in [3.05, 3.63) is 16.6 Å². The third kappa shape index (κ3) is 2.18. The van der Waals surface area contributed by atoms with Crippen LogP contribution in [0, 0.1) is 0 Å². The van der Waals surface area contributed by atoms with Crippen molar-refractivity contribution < 1.29 is 9.20 Å². The maximum atomic E-state index is 10.7. The quantitative estimate of drug-likeness (QED) is 0.635. The highest BCUT2D eigenvalue weighted by molar-refractivity contribution is 4.63. The zero-order valence-corrected chi connectivity index (χ0v) is 7.53. The predicted molar refractivity (Wildman–Crippen MR) is 45.2 cm³/mol. The summed E-state index contributed by atoms with van der Waals surface area (Å²) >= 11 is 0. The number of rotatable bonds is 3. The monoisotopic (exact) mass is 184 g/mol. The molecule has 0 amide bonds. The largest absolute Gasteiger partial charge is 0.426 e. The topological polar surface area (TPSA) is 53.1 Å². The van der Waals surface area contributed by atoms with Gasteiger partial charge in [0.15, 0.2) is 6.54 Å². The van der Waals surface area contributed by atoms with Gasteiger partial charge in [-0.05, 0) is 31.2 Å². The molecule has 1 saturated heterocycles. The van der Waals surface area contributed by atoms with Crippen molar-refractivity contribution >= 4 is 0 Å². The van der Waals surface area contributed by atoms with Crippen molar-refractivity contribution in [1.29, 1.82) is 0 Å². The molecule has 0 unspecified atom stereocenters. The van der Waals surface area contributed by atoms with Gasteiger partial charge in [-0.25, -0.2) is 4.79 Å². The van der Waals surface area contributed by atoms with Crippen molar-refractivity contribution in [2.75, 3.05) is 19.6 Å². The van der Waals surface area contributed by atoms with Crippen LogP contribution in [0.25, 0.3) is 0 Å². The molecule has 2 heterocycles. The predicted octanol–water partition coefficient (Wildman–Crippen LogP) is -0.649. The summed E-state index contributed by atoms with van der Waals surface area (Å²) in [6.07, 6.45) is 4.04. The lowest BCUT2D eigenvalue weighted by Gasteiger charge is -2.09. The molecule has 1 N–H and O–H groups in total. The zero-order chi connectivity index (χ0) is 9.10. The number of hydrogen-bond acceptors (Lipinski definition) is 3. The average molecular weight is 184 g/mol. The van der Waals surface area contributed by atoms with E-state index in [1.165, 1.54) is 32.1 Å². The van der Waals surface area contributed by atoms with Crippen molar-refractivity contribution in [3.8, 4) is 0 Å². The van der Waals surface area contributed by atoms with Gasteiger partial charge in [-0.2, -0.15) is 0 Å². The summed E-state index contributed by atoms with van der Waals surface area (Å²) in [6, 6.07) is 0. The molecule has 0 radical (unpaired) electrons. The van der Waals surface area contributed by atoms with Gasteiger partial charge >= 0.3 is 5.63 Å². The molecule has 72 valence electrons. The molecule has 1 aliphatic heterocycles. The fourth-order valence-corrected chi connectivity index (χ4v) is 1.65. The van der Waals surface area contributed by atoms with Crippen LogP contribution in [-0.4, -0.2) is 29.8 Å². The Balaban J connectivity index is 1.82. The second-order valence-corrected chi connectivity index (χ2v) is 3.38. The Labute approximate surface area is 75.9 Å². The van der Waals surface area contributed by atoms with E-state index < -0.39 is 0 Å². The minimum absolute atomic E-state index is 0.318. The van der Waals surface area contributed by atoms with Crippen LogP contribution in [0.5, 0.6) is 0 Å². The molecule has 0 aliphatic carbocycles. The van der Waals surface area contributed by atoms with Gasteiger partial charge in [-0.1, -0.05) is 4.68 Å². The van der Waals surface area contributed by atoms with Gasteiger partial charge in [0, 0.05) is 0 Å². The normalized spacial score (nSPS) is 18.2. The van der Waals surface area contributed by atoms with Crippen molar-refractivity contribution in [3.63, 3.8) is 0 Å². The highest BCUT2D eigenvalue weighted by Crippen LogP contribution is 2.05. The summed E-state index contributed by atoms with van der Waals surface area (Å²) in [5, 5.41) is 2.53. The Hall–Kier alpha value is -1.10. The third-order valence-electron chi connectivity index (χ3n) is 2.38. The molecule has 2 rings (SSSR count). The first-order chi connectivity index (χ1) is 6.34. The number of likely N-dealkylation sites (tertiary alicyclic amines) is 1. The number of hydrogen-bond donors (Lipinski definition) is 1. The first-order valence-corrected chi connectivity index (χ1v) is 4.65. The smallest absolute Gasteiger partial charge is 0.297 e. The third-order valence-corrected chi connectivity index (χ3v) is 2.38. The minimum Gasteiger partial charge on any atom is -0.297 e. The van der Waals surface area contributed by atoms with Crippen LogP contribution in [0.3, 0.4) is 0 Å². The Morgan fingerprint density at radius 1 is 1.54 bits per heavy atom. The van der Waals surface area contributed by atoms with E-state index in [0.717, 1.165) is 13.1 Å². The van der Waals surface area contributed by atoms with Gasteiger partial charge in [0.2, 0.25) is 0 Å². The first kappa shape index (κ1) is 8.50. The lowest BCUT2D eigenvalue weighted by Crippen LogP contribution is -2.41. The summed E-state index contributed by atoms with van der Waals surface area (Å²) in [5.41, 5.74) is -0.318. The van der Waals surface area contributed by atoms with E-state index in [-0.39, 0.29) is 5.63 Å². The number of H-pyrrole nitrogens is 1. The summed E-state index contributed by atoms with van der Waals surface area (Å²) in [4.78, 5) is 13.0. The maximum Gasteiger partial charge on any atom is 0.426 e. The van der Waals surface area contributed by atoms with E-state index in [9.17, 15) is 4.79 Å². The summed E-state index contributed by atoms with van der Waals surface area (Å²) in [5.74, 6) is 0. The van der Waals surface area contributed by atoms with Crippen molar-refractivity contribution in [1.82, 2.24) is 10.2 Å². The van der Waals surface area contributed by atoms with E-state index in [1.54, 1.807) is 4.68 Å². The van der Waals surface area contributed by atoms with Crippen LogP contribution in [-0.2, 0) is 6.54 Å². The fraction of sp³-hybridized carbons (Fsp3) is 0.750. The highest BCUT2D eigenvalue weighted by atomic mass is 16.5. The van der Waals surface area contributed by atoms with Gasteiger partial charge in [0.25, 0.3) is 6.20 Å². The van der Waals surface area contributed by atoms with E-state index in [0.29, 0.717) is 0 Å².